The molecule has 9 nitrogen and oxygen atoms in total. The van der Waals surface area contributed by atoms with Crippen molar-refractivity contribution in [2.75, 3.05) is 13.7 Å². The van der Waals surface area contributed by atoms with E-state index in [2.05, 4.69) is 20.3 Å². The van der Waals surface area contributed by atoms with Gasteiger partial charge >= 0.3 is 5.97 Å². The van der Waals surface area contributed by atoms with Crippen LogP contribution in [0.25, 0.3) is 22.8 Å². The standard InChI is InChI=1S/C26H22N4O5/c1-34-23-12-17(6-7-22(23)35-14-15-2-4-16(5-3-15)26(32)33)24-27-10-9-20(30-24)21-13-18-19(29-21)8-11-28-25(18)31/h2-7,9-10,12-13,29H,8,11,14H2,1H3,(H,28,31)(H,32,33). The van der Waals surface area contributed by atoms with Gasteiger partial charge in [0.1, 0.15) is 6.61 Å². The minimum absolute atomic E-state index is 0.0822. The number of aromatic nitrogens is 3. The van der Waals surface area contributed by atoms with Crippen LogP contribution in [0.2, 0.25) is 0 Å². The van der Waals surface area contributed by atoms with E-state index in [0.717, 1.165) is 28.9 Å². The van der Waals surface area contributed by atoms with Gasteiger partial charge in [0, 0.05) is 30.4 Å². The first kappa shape index (κ1) is 22.1. The first-order valence-electron chi connectivity index (χ1n) is 11.0. The third-order valence-electron chi connectivity index (χ3n) is 5.75. The lowest BCUT2D eigenvalue weighted by molar-refractivity contribution is 0.0696. The van der Waals surface area contributed by atoms with E-state index >= 15 is 0 Å². The maximum atomic E-state index is 12.1. The van der Waals surface area contributed by atoms with Crippen LogP contribution in [-0.4, -0.2) is 45.6 Å². The second-order valence-corrected chi connectivity index (χ2v) is 8.00. The molecule has 3 heterocycles. The number of carbonyl (C=O) groups excluding carboxylic acids is 1. The van der Waals surface area contributed by atoms with Gasteiger partial charge in [0.2, 0.25) is 0 Å². The topological polar surface area (TPSA) is 126 Å². The maximum Gasteiger partial charge on any atom is 0.335 e. The van der Waals surface area contributed by atoms with Crippen molar-refractivity contribution in [2.45, 2.75) is 13.0 Å². The molecule has 9 heteroatoms. The molecule has 1 amide bonds. The summed E-state index contributed by atoms with van der Waals surface area (Å²) in [6, 6.07) is 15.6. The Kier molecular flexibility index (Phi) is 5.88. The van der Waals surface area contributed by atoms with Crippen LogP contribution < -0.4 is 14.8 Å². The molecule has 0 aliphatic carbocycles. The molecule has 5 rings (SSSR count). The van der Waals surface area contributed by atoms with E-state index in [1.165, 1.54) is 0 Å². The van der Waals surface area contributed by atoms with Crippen molar-refractivity contribution in [2.24, 2.45) is 0 Å². The van der Waals surface area contributed by atoms with Crippen LogP contribution in [0.4, 0.5) is 0 Å². The summed E-state index contributed by atoms with van der Waals surface area (Å²) in [5, 5.41) is 11.9. The number of H-pyrrole nitrogens is 1. The highest BCUT2D eigenvalue weighted by Crippen LogP contribution is 2.33. The van der Waals surface area contributed by atoms with Crippen molar-refractivity contribution in [1.29, 1.82) is 0 Å². The summed E-state index contributed by atoms with van der Waals surface area (Å²) < 4.78 is 11.4. The molecule has 0 atom stereocenters. The van der Waals surface area contributed by atoms with Gasteiger partial charge < -0.3 is 24.9 Å². The quantitative estimate of drug-likeness (QED) is 0.376. The molecule has 4 aromatic rings. The van der Waals surface area contributed by atoms with Gasteiger partial charge in [-0.05, 0) is 48.0 Å². The highest BCUT2D eigenvalue weighted by Gasteiger charge is 2.20. The summed E-state index contributed by atoms with van der Waals surface area (Å²) in [7, 11) is 1.55. The van der Waals surface area contributed by atoms with Crippen LogP contribution in [0.3, 0.4) is 0 Å². The van der Waals surface area contributed by atoms with Gasteiger partial charge in [-0.2, -0.15) is 0 Å². The third kappa shape index (κ3) is 4.56. The fraction of sp³-hybridized carbons (Fsp3) is 0.154. The number of nitrogens with zero attached hydrogens (tertiary/aromatic N) is 2. The van der Waals surface area contributed by atoms with Crippen LogP contribution in [-0.2, 0) is 13.0 Å². The molecule has 0 unspecified atom stereocenters. The fourth-order valence-corrected chi connectivity index (χ4v) is 3.91. The Morgan fingerprint density at radius 3 is 2.66 bits per heavy atom. The summed E-state index contributed by atoms with van der Waals surface area (Å²) in [6.45, 7) is 0.870. The molecule has 176 valence electrons. The number of ether oxygens (including phenoxy) is 2. The highest BCUT2D eigenvalue weighted by atomic mass is 16.5. The average Bonchev–Trinajstić information content (AvgIpc) is 3.34. The number of benzene rings is 2. The first-order valence-corrected chi connectivity index (χ1v) is 11.0. The number of hydrogen-bond acceptors (Lipinski definition) is 6. The number of aromatic carboxylic acids is 1. The van der Waals surface area contributed by atoms with E-state index in [-0.39, 0.29) is 18.1 Å². The Hall–Kier alpha value is -4.66. The molecule has 2 aromatic carbocycles. The number of carbonyl (C=O) groups is 2. The van der Waals surface area contributed by atoms with E-state index in [0.29, 0.717) is 35.1 Å². The summed E-state index contributed by atoms with van der Waals surface area (Å²) in [5.41, 5.74) is 4.80. The molecule has 35 heavy (non-hydrogen) atoms. The Labute approximate surface area is 200 Å². The van der Waals surface area contributed by atoms with E-state index in [1.807, 2.05) is 12.1 Å². The predicted octanol–water partition coefficient (Wildman–Crippen LogP) is 3.71. The zero-order valence-corrected chi connectivity index (χ0v) is 18.9. The average molecular weight is 470 g/mol. The molecule has 1 aliphatic heterocycles. The Morgan fingerprint density at radius 2 is 1.91 bits per heavy atom. The zero-order valence-electron chi connectivity index (χ0n) is 18.9. The molecule has 2 aromatic heterocycles. The first-order chi connectivity index (χ1) is 17.0. The molecule has 0 saturated heterocycles. The molecule has 0 bridgehead atoms. The Morgan fingerprint density at radius 1 is 1.09 bits per heavy atom. The second kappa shape index (κ2) is 9.30. The van der Waals surface area contributed by atoms with Gasteiger partial charge in [-0.1, -0.05) is 12.1 Å². The molecule has 0 saturated carbocycles. The summed E-state index contributed by atoms with van der Waals surface area (Å²) in [5.74, 6) is 0.514. The van der Waals surface area contributed by atoms with Crippen molar-refractivity contribution < 1.29 is 24.2 Å². The minimum atomic E-state index is -0.970. The van der Waals surface area contributed by atoms with Crippen LogP contribution in [0.5, 0.6) is 11.5 Å². The zero-order chi connectivity index (χ0) is 24.4. The van der Waals surface area contributed by atoms with Gasteiger partial charge in [0.15, 0.2) is 17.3 Å². The second-order valence-electron chi connectivity index (χ2n) is 8.00. The molecular weight excluding hydrogens is 448 g/mol. The lowest BCUT2D eigenvalue weighted by Gasteiger charge is -2.12. The van der Waals surface area contributed by atoms with E-state index < -0.39 is 5.97 Å². The number of methoxy groups -OCH3 is 1. The monoisotopic (exact) mass is 470 g/mol. The van der Waals surface area contributed by atoms with Crippen LogP contribution >= 0.6 is 0 Å². The van der Waals surface area contributed by atoms with Crippen LogP contribution in [0.1, 0.15) is 32.0 Å². The van der Waals surface area contributed by atoms with Gasteiger partial charge in [0.05, 0.1) is 29.6 Å². The highest BCUT2D eigenvalue weighted by molar-refractivity contribution is 5.97. The van der Waals surface area contributed by atoms with Crippen LogP contribution in [0.15, 0.2) is 60.8 Å². The lowest BCUT2D eigenvalue weighted by Crippen LogP contribution is -2.31. The molecular formula is C26H22N4O5. The van der Waals surface area contributed by atoms with Gasteiger partial charge in [0.25, 0.3) is 5.91 Å². The number of rotatable bonds is 7. The Bertz CT molecular complexity index is 1410. The molecule has 1 aliphatic rings. The van der Waals surface area contributed by atoms with E-state index in [4.69, 9.17) is 14.6 Å². The van der Waals surface area contributed by atoms with Gasteiger partial charge in [-0.3, -0.25) is 4.79 Å². The number of amides is 1. The number of hydrogen-bond donors (Lipinski definition) is 3. The molecule has 0 spiro atoms. The largest absolute Gasteiger partial charge is 0.493 e. The number of carboxylic acid groups (broad SMARTS) is 1. The van der Waals surface area contributed by atoms with Crippen molar-refractivity contribution in [3.8, 4) is 34.3 Å². The normalized spacial score (nSPS) is 12.5. The third-order valence-corrected chi connectivity index (χ3v) is 5.75. The maximum absolute atomic E-state index is 12.1. The van der Waals surface area contributed by atoms with E-state index in [1.54, 1.807) is 55.8 Å². The van der Waals surface area contributed by atoms with Crippen LogP contribution in [0, 0.1) is 0 Å². The summed E-state index contributed by atoms with van der Waals surface area (Å²) in [4.78, 5) is 35.5. The van der Waals surface area contributed by atoms with Crippen molar-refractivity contribution in [3.63, 3.8) is 0 Å². The number of fused-ring (bicyclic) bond motifs is 1. The minimum Gasteiger partial charge on any atom is -0.493 e. The summed E-state index contributed by atoms with van der Waals surface area (Å²) in [6.07, 6.45) is 2.43. The smallest absolute Gasteiger partial charge is 0.335 e. The molecule has 0 radical (unpaired) electrons. The Balaban J connectivity index is 1.36. The summed E-state index contributed by atoms with van der Waals surface area (Å²) >= 11 is 0. The van der Waals surface area contributed by atoms with E-state index in [9.17, 15) is 9.59 Å². The van der Waals surface area contributed by atoms with Crippen molar-refractivity contribution in [1.82, 2.24) is 20.3 Å². The number of aromatic amines is 1. The number of nitrogens with one attached hydrogen (secondary N) is 2. The lowest BCUT2D eigenvalue weighted by atomic mass is 10.1. The SMILES string of the molecule is COc1cc(-c2nccc(-c3cc4c([nH]3)CCNC4=O)n2)ccc1OCc1ccc(C(=O)O)cc1. The van der Waals surface area contributed by atoms with Gasteiger partial charge in [-0.25, -0.2) is 14.8 Å². The molecule has 3 N–H and O–H groups in total. The predicted molar refractivity (Wildman–Crippen MR) is 128 cm³/mol. The number of carboxylic acids is 1. The molecule has 0 fully saturated rings. The fourth-order valence-electron chi connectivity index (χ4n) is 3.91. The van der Waals surface area contributed by atoms with Crippen molar-refractivity contribution in [3.05, 3.63) is 83.2 Å². The van der Waals surface area contributed by atoms with Gasteiger partial charge in [-0.15, -0.1) is 0 Å². The van der Waals surface area contributed by atoms with Crippen molar-refractivity contribution >= 4 is 11.9 Å².